The van der Waals surface area contributed by atoms with Crippen molar-refractivity contribution in [1.29, 1.82) is 0 Å². The highest BCUT2D eigenvalue weighted by molar-refractivity contribution is 7.91. The maximum atomic E-state index is 12.8. The van der Waals surface area contributed by atoms with Crippen molar-refractivity contribution in [2.75, 3.05) is 37.7 Å². The summed E-state index contributed by atoms with van der Waals surface area (Å²) >= 11 is 0. The van der Waals surface area contributed by atoms with E-state index < -0.39 is 14.8 Å². The largest absolute Gasteiger partial charge is 0.334 e. The summed E-state index contributed by atoms with van der Waals surface area (Å²) in [7, 11) is -3.11. The number of non-ortho nitro benzene ring substituents is 1. The maximum absolute atomic E-state index is 12.8. The van der Waals surface area contributed by atoms with Crippen LogP contribution in [-0.2, 0) is 14.6 Å². The molecule has 0 aliphatic carbocycles. The first kappa shape index (κ1) is 22.0. The number of amides is 1. The molecule has 1 fully saturated rings. The fourth-order valence-electron chi connectivity index (χ4n) is 3.29. The van der Waals surface area contributed by atoms with Crippen LogP contribution in [0.5, 0.6) is 0 Å². The second-order valence-electron chi connectivity index (χ2n) is 6.80. The molecule has 1 amide bonds. The van der Waals surface area contributed by atoms with Gasteiger partial charge >= 0.3 is 0 Å². The molecule has 2 rings (SSSR count). The van der Waals surface area contributed by atoms with Crippen LogP contribution in [0.2, 0.25) is 0 Å². The van der Waals surface area contributed by atoms with Crippen molar-refractivity contribution in [1.82, 2.24) is 9.80 Å². The van der Waals surface area contributed by atoms with Gasteiger partial charge < -0.3 is 9.80 Å². The third kappa shape index (κ3) is 6.13. The molecule has 1 heterocycles. The van der Waals surface area contributed by atoms with E-state index in [0.29, 0.717) is 25.1 Å². The van der Waals surface area contributed by atoms with Gasteiger partial charge in [0, 0.05) is 37.3 Å². The van der Waals surface area contributed by atoms with E-state index in [1.807, 2.05) is 13.8 Å². The molecule has 9 heteroatoms. The first-order valence-corrected chi connectivity index (χ1v) is 11.2. The molecule has 0 saturated carbocycles. The summed E-state index contributed by atoms with van der Waals surface area (Å²) in [5.41, 5.74) is 0.500. The zero-order valence-electron chi connectivity index (χ0n) is 16.3. The molecule has 1 aromatic rings. The van der Waals surface area contributed by atoms with Gasteiger partial charge in [-0.25, -0.2) is 8.42 Å². The Bertz CT molecular complexity index is 834. The van der Waals surface area contributed by atoms with Gasteiger partial charge in [0.2, 0.25) is 5.91 Å². The molecule has 1 saturated heterocycles. The highest BCUT2D eigenvalue weighted by atomic mass is 32.2. The monoisotopic (exact) mass is 409 g/mol. The Morgan fingerprint density at radius 1 is 1.29 bits per heavy atom. The summed E-state index contributed by atoms with van der Waals surface area (Å²) in [6.45, 7) is 6.89. The fraction of sp³-hybridized carbons (Fsp3) is 0.526. The van der Waals surface area contributed by atoms with Crippen LogP contribution in [0.4, 0.5) is 5.69 Å². The smallest absolute Gasteiger partial charge is 0.270 e. The van der Waals surface area contributed by atoms with Gasteiger partial charge in [0.25, 0.3) is 5.69 Å². The number of nitro benzene ring substituents is 1. The number of nitrogens with zero attached hydrogens (tertiary/aromatic N) is 3. The molecule has 1 aliphatic heterocycles. The van der Waals surface area contributed by atoms with Crippen LogP contribution in [-0.4, -0.2) is 72.8 Å². The standard InChI is InChI=1S/C19H27N3O5S/c1-3-20(4-2)11-12-21(18-10-13-28(26,27)15-18)19(23)9-8-16-6-5-7-17(14-16)22(24)25/h5-9,14,18H,3-4,10-13,15H2,1-2H3. The molecule has 1 atom stereocenters. The summed E-state index contributed by atoms with van der Waals surface area (Å²) < 4.78 is 23.7. The Labute approximate surface area is 165 Å². The molecule has 1 unspecified atom stereocenters. The average Bonchev–Trinajstić information content (AvgIpc) is 3.03. The summed E-state index contributed by atoms with van der Waals surface area (Å²) in [4.78, 5) is 27.0. The molecular weight excluding hydrogens is 382 g/mol. The number of carbonyl (C=O) groups excluding carboxylic acids is 1. The minimum absolute atomic E-state index is 0.0123. The van der Waals surface area contributed by atoms with Crippen LogP contribution >= 0.6 is 0 Å². The Kier molecular flexibility index (Phi) is 7.70. The van der Waals surface area contributed by atoms with E-state index in [1.54, 1.807) is 17.0 Å². The number of hydrogen-bond acceptors (Lipinski definition) is 6. The number of rotatable bonds is 9. The zero-order valence-corrected chi connectivity index (χ0v) is 17.1. The fourth-order valence-corrected chi connectivity index (χ4v) is 5.02. The molecule has 154 valence electrons. The Hall–Kier alpha value is -2.26. The molecule has 0 radical (unpaired) electrons. The van der Waals surface area contributed by atoms with Gasteiger partial charge in [-0.1, -0.05) is 26.0 Å². The lowest BCUT2D eigenvalue weighted by atomic mass is 10.1. The van der Waals surface area contributed by atoms with Crippen LogP contribution < -0.4 is 0 Å². The Morgan fingerprint density at radius 3 is 2.57 bits per heavy atom. The van der Waals surface area contributed by atoms with Crippen molar-refractivity contribution in [3.63, 3.8) is 0 Å². The van der Waals surface area contributed by atoms with E-state index in [4.69, 9.17) is 0 Å². The molecular formula is C19H27N3O5S. The van der Waals surface area contributed by atoms with Crippen LogP contribution in [0.3, 0.4) is 0 Å². The van der Waals surface area contributed by atoms with Crippen molar-refractivity contribution in [3.05, 3.63) is 46.0 Å². The van der Waals surface area contributed by atoms with E-state index in [9.17, 15) is 23.3 Å². The van der Waals surface area contributed by atoms with Crippen molar-refractivity contribution < 1.29 is 18.1 Å². The second kappa shape index (κ2) is 9.79. The van der Waals surface area contributed by atoms with Crippen LogP contribution in [0.25, 0.3) is 6.08 Å². The quantitative estimate of drug-likeness (QED) is 0.351. The van der Waals surface area contributed by atoms with Crippen molar-refractivity contribution in [3.8, 4) is 0 Å². The molecule has 0 N–H and O–H groups in total. The topological polar surface area (TPSA) is 101 Å². The summed E-state index contributed by atoms with van der Waals surface area (Å²) in [5.74, 6) is -0.191. The summed E-state index contributed by atoms with van der Waals surface area (Å²) in [6.07, 6.45) is 3.34. The third-order valence-corrected chi connectivity index (χ3v) is 6.73. The molecule has 0 aromatic heterocycles. The SMILES string of the molecule is CCN(CC)CCN(C(=O)C=Cc1cccc([N+](=O)[O-])c1)C1CCS(=O)(=O)C1. The van der Waals surface area contributed by atoms with Crippen LogP contribution in [0.15, 0.2) is 30.3 Å². The number of nitro groups is 1. The number of benzene rings is 1. The van der Waals surface area contributed by atoms with Gasteiger partial charge in [-0.3, -0.25) is 14.9 Å². The van der Waals surface area contributed by atoms with E-state index in [0.717, 1.165) is 13.1 Å². The van der Waals surface area contributed by atoms with Gasteiger partial charge in [-0.05, 0) is 31.1 Å². The van der Waals surface area contributed by atoms with Crippen molar-refractivity contribution in [2.45, 2.75) is 26.3 Å². The van der Waals surface area contributed by atoms with Crippen LogP contribution in [0, 0.1) is 10.1 Å². The van der Waals surface area contributed by atoms with Crippen LogP contribution in [0.1, 0.15) is 25.8 Å². The molecule has 0 spiro atoms. The van der Waals surface area contributed by atoms with Crippen molar-refractivity contribution >= 4 is 27.5 Å². The van der Waals surface area contributed by atoms with Gasteiger partial charge in [0.15, 0.2) is 9.84 Å². The molecule has 0 bridgehead atoms. The van der Waals surface area contributed by atoms with E-state index in [1.165, 1.54) is 24.3 Å². The van der Waals surface area contributed by atoms with Crippen molar-refractivity contribution in [2.24, 2.45) is 0 Å². The van der Waals surface area contributed by atoms with Gasteiger partial charge in [0.05, 0.1) is 16.4 Å². The normalized spacial score (nSPS) is 18.6. The average molecular weight is 410 g/mol. The summed E-state index contributed by atoms with van der Waals surface area (Å²) in [5, 5.41) is 10.9. The first-order valence-electron chi connectivity index (χ1n) is 9.41. The van der Waals surface area contributed by atoms with E-state index >= 15 is 0 Å². The maximum Gasteiger partial charge on any atom is 0.270 e. The predicted octanol–water partition coefficient (Wildman–Crippen LogP) is 1.97. The summed E-state index contributed by atoms with van der Waals surface area (Å²) in [6, 6.07) is 5.69. The first-order chi connectivity index (χ1) is 13.3. The zero-order chi connectivity index (χ0) is 20.7. The Morgan fingerprint density at radius 2 is 2.00 bits per heavy atom. The van der Waals surface area contributed by atoms with Gasteiger partial charge in [0.1, 0.15) is 0 Å². The number of sulfone groups is 1. The highest BCUT2D eigenvalue weighted by Gasteiger charge is 2.34. The lowest BCUT2D eigenvalue weighted by molar-refractivity contribution is -0.384. The third-order valence-electron chi connectivity index (χ3n) is 4.98. The molecule has 1 aromatic carbocycles. The number of hydrogen-bond donors (Lipinski definition) is 0. The molecule has 1 aliphatic rings. The molecule has 8 nitrogen and oxygen atoms in total. The minimum atomic E-state index is -3.11. The molecule has 28 heavy (non-hydrogen) atoms. The minimum Gasteiger partial charge on any atom is -0.334 e. The number of carbonyl (C=O) groups is 1. The number of likely N-dealkylation sites (N-methyl/N-ethyl adjacent to an activating group) is 1. The van der Waals surface area contributed by atoms with Gasteiger partial charge in [-0.2, -0.15) is 0 Å². The lowest BCUT2D eigenvalue weighted by Crippen LogP contribution is -2.44. The van der Waals surface area contributed by atoms with E-state index in [-0.39, 0.29) is 29.1 Å². The second-order valence-corrected chi connectivity index (χ2v) is 9.03. The Balaban J connectivity index is 2.15. The predicted molar refractivity (Wildman–Crippen MR) is 109 cm³/mol. The van der Waals surface area contributed by atoms with Gasteiger partial charge in [-0.15, -0.1) is 0 Å². The highest BCUT2D eigenvalue weighted by Crippen LogP contribution is 2.19. The van der Waals surface area contributed by atoms with E-state index in [2.05, 4.69) is 4.90 Å². The lowest BCUT2D eigenvalue weighted by Gasteiger charge is -2.30.